The lowest BCUT2D eigenvalue weighted by Gasteiger charge is -2.22. The SMILES string of the molecule is Cc1cc(OCC2CCOCC2)c(C(=O)O)cn1. The Labute approximate surface area is 106 Å². The predicted octanol–water partition coefficient (Wildman–Crippen LogP) is 1.89. The van der Waals surface area contributed by atoms with Gasteiger partial charge in [0, 0.05) is 31.2 Å². The first-order chi connectivity index (χ1) is 8.66. The van der Waals surface area contributed by atoms with Crippen molar-refractivity contribution in [2.24, 2.45) is 5.92 Å². The largest absolute Gasteiger partial charge is 0.492 e. The number of aryl methyl sites for hydroxylation is 1. The van der Waals surface area contributed by atoms with Gasteiger partial charge in [-0.05, 0) is 25.7 Å². The maximum absolute atomic E-state index is 11.0. The molecular weight excluding hydrogens is 234 g/mol. The molecule has 18 heavy (non-hydrogen) atoms. The molecule has 0 radical (unpaired) electrons. The number of hydrogen-bond donors (Lipinski definition) is 1. The van der Waals surface area contributed by atoms with Crippen molar-refractivity contribution in [3.63, 3.8) is 0 Å². The fraction of sp³-hybridized carbons (Fsp3) is 0.538. The van der Waals surface area contributed by atoms with E-state index in [1.807, 2.05) is 6.92 Å². The van der Waals surface area contributed by atoms with Gasteiger partial charge in [-0.2, -0.15) is 0 Å². The van der Waals surface area contributed by atoms with E-state index in [4.69, 9.17) is 14.6 Å². The molecule has 1 aliphatic rings. The summed E-state index contributed by atoms with van der Waals surface area (Å²) < 4.78 is 10.9. The molecule has 0 bridgehead atoms. The Kier molecular flexibility index (Phi) is 4.15. The van der Waals surface area contributed by atoms with Gasteiger partial charge in [-0.15, -0.1) is 0 Å². The quantitative estimate of drug-likeness (QED) is 0.885. The van der Waals surface area contributed by atoms with Crippen LogP contribution in [0.25, 0.3) is 0 Å². The van der Waals surface area contributed by atoms with Crippen LogP contribution < -0.4 is 4.74 Å². The van der Waals surface area contributed by atoms with Crippen molar-refractivity contribution in [3.8, 4) is 5.75 Å². The first kappa shape index (κ1) is 12.8. The van der Waals surface area contributed by atoms with Crippen molar-refractivity contribution in [3.05, 3.63) is 23.5 Å². The van der Waals surface area contributed by atoms with Crippen LogP contribution in [0.2, 0.25) is 0 Å². The highest BCUT2D eigenvalue weighted by Crippen LogP contribution is 2.21. The van der Waals surface area contributed by atoms with Gasteiger partial charge in [-0.25, -0.2) is 4.79 Å². The smallest absolute Gasteiger partial charge is 0.341 e. The second kappa shape index (κ2) is 5.82. The van der Waals surface area contributed by atoms with Crippen molar-refractivity contribution in [2.75, 3.05) is 19.8 Å². The fourth-order valence-electron chi connectivity index (χ4n) is 1.94. The molecule has 0 unspecified atom stereocenters. The predicted molar refractivity (Wildman–Crippen MR) is 65.0 cm³/mol. The molecule has 1 N–H and O–H groups in total. The normalized spacial score (nSPS) is 16.5. The highest BCUT2D eigenvalue weighted by molar-refractivity contribution is 5.90. The maximum Gasteiger partial charge on any atom is 0.341 e. The molecule has 0 saturated carbocycles. The highest BCUT2D eigenvalue weighted by atomic mass is 16.5. The summed E-state index contributed by atoms with van der Waals surface area (Å²) in [6.07, 6.45) is 3.27. The van der Waals surface area contributed by atoms with Gasteiger partial charge in [-0.3, -0.25) is 4.98 Å². The molecule has 1 aliphatic heterocycles. The molecule has 0 atom stereocenters. The van der Waals surface area contributed by atoms with E-state index in [0.717, 1.165) is 31.7 Å². The zero-order chi connectivity index (χ0) is 13.0. The number of ether oxygens (including phenoxy) is 2. The zero-order valence-electron chi connectivity index (χ0n) is 10.4. The summed E-state index contributed by atoms with van der Waals surface area (Å²) in [4.78, 5) is 15.0. The lowest BCUT2D eigenvalue weighted by atomic mass is 10.0. The molecule has 5 heteroatoms. The molecule has 1 fully saturated rings. The average molecular weight is 251 g/mol. The van der Waals surface area contributed by atoms with E-state index in [1.165, 1.54) is 6.20 Å². The molecule has 1 aromatic rings. The third-order valence-electron chi connectivity index (χ3n) is 3.05. The van der Waals surface area contributed by atoms with Crippen molar-refractivity contribution in [1.29, 1.82) is 0 Å². The van der Waals surface area contributed by atoms with Crippen molar-refractivity contribution in [2.45, 2.75) is 19.8 Å². The molecule has 2 heterocycles. The number of aromatic nitrogens is 1. The minimum absolute atomic E-state index is 0.118. The molecule has 98 valence electrons. The van der Waals surface area contributed by atoms with Gasteiger partial charge in [-0.1, -0.05) is 0 Å². The van der Waals surface area contributed by atoms with E-state index in [-0.39, 0.29) is 5.56 Å². The van der Waals surface area contributed by atoms with Crippen LogP contribution >= 0.6 is 0 Å². The Morgan fingerprint density at radius 3 is 2.94 bits per heavy atom. The van der Waals surface area contributed by atoms with Crippen LogP contribution in [-0.4, -0.2) is 35.9 Å². The molecule has 2 rings (SSSR count). The molecule has 5 nitrogen and oxygen atoms in total. The van der Waals surface area contributed by atoms with Gasteiger partial charge in [0.1, 0.15) is 11.3 Å². The van der Waals surface area contributed by atoms with E-state index < -0.39 is 5.97 Å². The summed E-state index contributed by atoms with van der Waals surface area (Å²) in [5.74, 6) is -0.167. The number of pyridine rings is 1. The number of carboxylic acid groups (broad SMARTS) is 1. The number of rotatable bonds is 4. The van der Waals surface area contributed by atoms with Crippen LogP contribution in [0.3, 0.4) is 0 Å². The fourth-order valence-corrected chi connectivity index (χ4v) is 1.94. The van der Waals surface area contributed by atoms with E-state index in [0.29, 0.717) is 18.3 Å². The lowest BCUT2D eigenvalue weighted by Crippen LogP contribution is -2.22. The summed E-state index contributed by atoms with van der Waals surface area (Å²) >= 11 is 0. The summed E-state index contributed by atoms with van der Waals surface area (Å²) in [7, 11) is 0. The Hall–Kier alpha value is -1.62. The minimum Gasteiger partial charge on any atom is -0.492 e. The highest BCUT2D eigenvalue weighted by Gasteiger charge is 2.17. The van der Waals surface area contributed by atoms with Gasteiger partial charge < -0.3 is 14.6 Å². The van der Waals surface area contributed by atoms with Crippen LogP contribution in [0.4, 0.5) is 0 Å². The molecule has 1 aromatic heterocycles. The zero-order valence-corrected chi connectivity index (χ0v) is 10.4. The lowest BCUT2D eigenvalue weighted by molar-refractivity contribution is 0.0489. The summed E-state index contributed by atoms with van der Waals surface area (Å²) in [6.45, 7) is 3.87. The van der Waals surface area contributed by atoms with Crippen molar-refractivity contribution < 1.29 is 19.4 Å². The number of carboxylic acids is 1. The molecule has 0 aliphatic carbocycles. The molecular formula is C13H17NO4. The number of hydrogen-bond acceptors (Lipinski definition) is 4. The molecule has 0 aromatic carbocycles. The van der Waals surface area contributed by atoms with Crippen LogP contribution in [0.5, 0.6) is 5.75 Å². The Balaban J connectivity index is 2.03. The number of carbonyl (C=O) groups is 1. The minimum atomic E-state index is -1.01. The summed E-state index contributed by atoms with van der Waals surface area (Å²) in [5.41, 5.74) is 0.870. The van der Waals surface area contributed by atoms with Gasteiger partial charge in [0.25, 0.3) is 0 Å². The third kappa shape index (κ3) is 3.20. The number of nitrogens with zero attached hydrogens (tertiary/aromatic N) is 1. The molecule has 0 spiro atoms. The molecule has 1 saturated heterocycles. The topological polar surface area (TPSA) is 68.7 Å². The maximum atomic E-state index is 11.0. The van der Waals surface area contributed by atoms with Crippen LogP contribution in [0.15, 0.2) is 12.3 Å². The van der Waals surface area contributed by atoms with Gasteiger partial charge in [0.15, 0.2) is 0 Å². The van der Waals surface area contributed by atoms with Gasteiger partial charge in [0.2, 0.25) is 0 Å². The second-order valence-corrected chi connectivity index (χ2v) is 4.49. The van der Waals surface area contributed by atoms with E-state index in [2.05, 4.69) is 4.98 Å². The van der Waals surface area contributed by atoms with Gasteiger partial charge in [0.05, 0.1) is 6.61 Å². The summed E-state index contributed by atoms with van der Waals surface area (Å²) in [6, 6.07) is 1.67. The number of aromatic carboxylic acids is 1. The third-order valence-corrected chi connectivity index (χ3v) is 3.05. The van der Waals surface area contributed by atoms with Gasteiger partial charge >= 0.3 is 5.97 Å². The Bertz CT molecular complexity index is 427. The van der Waals surface area contributed by atoms with Crippen molar-refractivity contribution >= 4 is 5.97 Å². The van der Waals surface area contributed by atoms with E-state index in [1.54, 1.807) is 6.07 Å². The van der Waals surface area contributed by atoms with Crippen LogP contribution in [-0.2, 0) is 4.74 Å². The Morgan fingerprint density at radius 2 is 2.28 bits per heavy atom. The Morgan fingerprint density at radius 1 is 1.56 bits per heavy atom. The monoisotopic (exact) mass is 251 g/mol. The summed E-state index contributed by atoms with van der Waals surface area (Å²) in [5, 5.41) is 9.05. The molecule has 0 amide bonds. The first-order valence-electron chi connectivity index (χ1n) is 6.07. The second-order valence-electron chi connectivity index (χ2n) is 4.49. The standard InChI is InChI=1S/C13H17NO4/c1-9-6-12(11(7-14-9)13(15)16)18-8-10-2-4-17-5-3-10/h6-7,10H,2-5,8H2,1H3,(H,15,16). The van der Waals surface area contributed by atoms with E-state index in [9.17, 15) is 4.79 Å². The average Bonchev–Trinajstić information content (AvgIpc) is 2.37. The van der Waals surface area contributed by atoms with Crippen molar-refractivity contribution in [1.82, 2.24) is 4.98 Å². The van der Waals surface area contributed by atoms with Crippen LogP contribution in [0.1, 0.15) is 28.9 Å². The first-order valence-corrected chi connectivity index (χ1v) is 6.07. The van der Waals surface area contributed by atoms with Crippen LogP contribution in [0, 0.1) is 12.8 Å². The van der Waals surface area contributed by atoms with E-state index >= 15 is 0 Å².